The average Bonchev–Trinajstić information content (AvgIpc) is 3.06. The van der Waals surface area contributed by atoms with E-state index < -0.39 is 0 Å². The van der Waals surface area contributed by atoms with E-state index in [1.165, 1.54) is 0 Å². The van der Waals surface area contributed by atoms with Crippen LogP contribution >= 0.6 is 0 Å². The van der Waals surface area contributed by atoms with E-state index >= 15 is 0 Å². The Hall–Kier alpha value is -1.95. The highest BCUT2D eigenvalue weighted by molar-refractivity contribution is 5.87. The van der Waals surface area contributed by atoms with Gasteiger partial charge in [0.1, 0.15) is 5.54 Å². The minimum absolute atomic E-state index is 0.243. The monoisotopic (exact) mass is 376 g/mol. The predicted octanol–water partition coefficient (Wildman–Crippen LogP) is 3.08. The molecule has 1 atom stereocenters. The number of amides is 1. The molecule has 6 nitrogen and oxygen atoms in total. The highest BCUT2D eigenvalue weighted by Gasteiger charge is 2.51. The topological polar surface area (TPSA) is 51.2 Å². The number of likely N-dealkylation sites (tertiary alicyclic amines) is 2. The molecule has 2 aliphatic rings. The van der Waals surface area contributed by atoms with Gasteiger partial charge in [0.25, 0.3) is 0 Å². The molecule has 150 valence electrons. The Bertz CT molecular complexity index is 691. The molecule has 0 saturated carbocycles. The van der Waals surface area contributed by atoms with Crippen LogP contribution in [0.15, 0.2) is 12.1 Å². The van der Waals surface area contributed by atoms with Crippen molar-refractivity contribution >= 4 is 5.91 Å². The van der Waals surface area contributed by atoms with E-state index in [2.05, 4.69) is 18.7 Å². The second kappa shape index (κ2) is 7.97. The van der Waals surface area contributed by atoms with Gasteiger partial charge in [-0.05, 0) is 52.1 Å². The van der Waals surface area contributed by atoms with Crippen molar-refractivity contribution in [2.75, 3.05) is 34.4 Å². The number of benzene rings is 1. The van der Waals surface area contributed by atoms with Crippen molar-refractivity contribution in [1.82, 2.24) is 9.80 Å². The summed E-state index contributed by atoms with van der Waals surface area (Å²) in [7, 11) is 4.88. The zero-order chi connectivity index (χ0) is 19.6. The van der Waals surface area contributed by atoms with Crippen LogP contribution in [-0.4, -0.2) is 61.7 Å². The van der Waals surface area contributed by atoms with Crippen molar-refractivity contribution in [3.05, 3.63) is 17.7 Å². The molecule has 27 heavy (non-hydrogen) atoms. The van der Waals surface area contributed by atoms with Crippen molar-refractivity contribution in [2.24, 2.45) is 0 Å². The Morgan fingerprint density at radius 1 is 1.00 bits per heavy atom. The first-order valence-electron chi connectivity index (χ1n) is 9.82. The molecule has 6 heteroatoms. The number of hydrogen-bond donors (Lipinski definition) is 0. The van der Waals surface area contributed by atoms with Crippen LogP contribution in [0.25, 0.3) is 0 Å². The van der Waals surface area contributed by atoms with Crippen LogP contribution in [0.5, 0.6) is 17.2 Å². The summed E-state index contributed by atoms with van der Waals surface area (Å²) < 4.78 is 16.6. The second-order valence-electron chi connectivity index (χ2n) is 7.75. The summed E-state index contributed by atoms with van der Waals surface area (Å²) in [6.07, 6.45) is 3.98. The summed E-state index contributed by atoms with van der Waals surface area (Å²) >= 11 is 0. The van der Waals surface area contributed by atoms with Gasteiger partial charge in [0.05, 0.1) is 21.3 Å². The van der Waals surface area contributed by atoms with Crippen LogP contribution in [0, 0.1) is 0 Å². The number of methoxy groups -OCH3 is 3. The third-order valence-electron chi connectivity index (χ3n) is 6.04. The summed E-state index contributed by atoms with van der Waals surface area (Å²) in [4.78, 5) is 17.8. The van der Waals surface area contributed by atoms with E-state index in [4.69, 9.17) is 14.2 Å². The zero-order valence-electron chi connectivity index (χ0n) is 17.2. The molecule has 1 spiro atoms. The van der Waals surface area contributed by atoms with E-state index in [9.17, 15) is 4.79 Å². The fraction of sp³-hybridized carbons (Fsp3) is 0.667. The smallest absolute Gasteiger partial charge is 0.243 e. The maximum atomic E-state index is 13.4. The van der Waals surface area contributed by atoms with E-state index in [1.807, 2.05) is 17.0 Å². The van der Waals surface area contributed by atoms with Crippen LogP contribution in [0.2, 0.25) is 0 Å². The lowest BCUT2D eigenvalue weighted by Gasteiger charge is -2.46. The summed E-state index contributed by atoms with van der Waals surface area (Å²) in [5.74, 6) is 2.22. The van der Waals surface area contributed by atoms with Crippen molar-refractivity contribution in [3.8, 4) is 17.2 Å². The quantitative estimate of drug-likeness (QED) is 0.764. The first-order chi connectivity index (χ1) is 13.0. The molecule has 0 aromatic heterocycles. The van der Waals surface area contributed by atoms with Gasteiger partial charge in [-0.1, -0.05) is 6.07 Å². The predicted molar refractivity (Wildman–Crippen MR) is 105 cm³/mol. The standard InChI is InChI=1S/C21H32N2O4/c1-15(2)23-13-7-11-21(20(23)24)10-6-12-22(21)14-16-8-9-17(25-3)19(27-5)18(16)26-4/h8-9,15H,6-7,10-14H2,1-5H3. The van der Waals surface area contributed by atoms with Gasteiger partial charge < -0.3 is 19.1 Å². The molecule has 2 fully saturated rings. The van der Waals surface area contributed by atoms with Gasteiger partial charge in [-0.25, -0.2) is 0 Å². The Kier molecular flexibility index (Phi) is 5.84. The molecule has 0 bridgehead atoms. The van der Waals surface area contributed by atoms with Gasteiger partial charge >= 0.3 is 0 Å². The van der Waals surface area contributed by atoms with Gasteiger partial charge in [-0.3, -0.25) is 9.69 Å². The Morgan fingerprint density at radius 3 is 2.26 bits per heavy atom. The summed E-state index contributed by atoms with van der Waals surface area (Å²) in [5.41, 5.74) is 0.645. The third-order valence-corrected chi connectivity index (χ3v) is 6.04. The highest BCUT2D eigenvalue weighted by Crippen LogP contribution is 2.44. The van der Waals surface area contributed by atoms with Gasteiger partial charge in [0.2, 0.25) is 11.7 Å². The van der Waals surface area contributed by atoms with Crippen LogP contribution in [0.1, 0.15) is 45.1 Å². The lowest BCUT2D eigenvalue weighted by molar-refractivity contribution is -0.149. The van der Waals surface area contributed by atoms with E-state index in [1.54, 1.807) is 21.3 Å². The maximum Gasteiger partial charge on any atom is 0.243 e. The Morgan fingerprint density at radius 2 is 1.67 bits per heavy atom. The number of carbonyl (C=O) groups is 1. The van der Waals surface area contributed by atoms with Gasteiger partial charge in [-0.2, -0.15) is 0 Å². The van der Waals surface area contributed by atoms with Crippen LogP contribution in [0.3, 0.4) is 0 Å². The summed E-state index contributed by atoms with van der Waals surface area (Å²) in [6, 6.07) is 4.16. The van der Waals surface area contributed by atoms with Crippen LogP contribution < -0.4 is 14.2 Å². The number of piperidine rings is 1. The Balaban J connectivity index is 1.92. The number of carbonyl (C=O) groups excluding carboxylic acids is 1. The molecule has 0 aliphatic carbocycles. The first-order valence-corrected chi connectivity index (χ1v) is 9.82. The van der Waals surface area contributed by atoms with Crippen LogP contribution in [0.4, 0.5) is 0 Å². The number of hydrogen-bond acceptors (Lipinski definition) is 5. The van der Waals surface area contributed by atoms with Crippen LogP contribution in [-0.2, 0) is 11.3 Å². The fourth-order valence-corrected chi connectivity index (χ4v) is 4.69. The minimum atomic E-state index is -0.374. The average molecular weight is 376 g/mol. The second-order valence-corrected chi connectivity index (χ2v) is 7.75. The fourth-order valence-electron chi connectivity index (χ4n) is 4.69. The number of ether oxygens (including phenoxy) is 3. The molecule has 0 radical (unpaired) electrons. The molecule has 2 heterocycles. The van der Waals surface area contributed by atoms with E-state index in [-0.39, 0.29) is 11.6 Å². The van der Waals surface area contributed by atoms with Gasteiger partial charge in [-0.15, -0.1) is 0 Å². The van der Waals surface area contributed by atoms with Crippen molar-refractivity contribution < 1.29 is 19.0 Å². The molecule has 2 aliphatic heterocycles. The largest absolute Gasteiger partial charge is 0.493 e. The molecule has 1 unspecified atom stereocenters. The minimum Gasteiger partial charge on any atom is -0.493 e. The maximum absolute atomic E-state index is 13.4. The normalized spacial score (nSPS) is 23.3. The van der Waals surface area contributed by atoms with Gasteiger partial charge in [0.15, 0.2) is 11.5 Å². The summed E-state index contributed by atoms with van der Waals surface area (Å²) in [5, 5.41) is 0. The molecule has 2 saturated heterocycles. The number of nitrogens with zero attached hydrogens (tertiary/aromatic N) is 2. The number of rotatable bonds is 6. The van der Waals surface area contributed by atoms with Crippen molar-refractivity contribution in [3.63, 3.8) is 0 Å². The molecule has 1 amide bonds. The molecular weight excluding hydrogens is 344 g/mol. The molecular formula is C21H32N2O4. The van der Waals surface area contributed by atoms with E-state index in [0.29, 0.717) is 29.7 Å². The van der Waals surface area contributed by atoms with E-state index in [0.717, 1.165) is 44.3 Å². The Labute approximate surface area is 162 Å². The molecule has 3 rings (SSSR count). The molecule has 1 aromatic rings. The zero-order valence-corrected chi connectivity index (χ0v) is 17.2. The molecule has 0 N–H and O–H groups in total. The lowest BCUT2D eigenvalue weighted by Crippen LogP contribution is -2.61. The summed E-state index contributed by atoms with van der Waals surface area (Å²) in [6.45, 7) is 6.67. The third kappa shape index (κ3) is 3.35. The molecule has 1 aromatic carbocycles. The SMILES string of the molecule is COc1ccc(CN2CCCC23CCCN(C(C)C)C3=O)c(OC)c1OC. The first kappa shape index (κ1) is 19.8. The van der Waals surface area contributed by atoms with Crippen molar-refractivity contribution in [2.45, 2.75) is 57.7 Å². The van der Waals surface area contributed by atoms with Gasteiger partial charge in [0, 0.05) is 24.7 Å². The highest BCUT2D eigenvalue weighted by atomic mass is 16.5. The van der Waals surface area contributed by atoms with Crippen molar-refractivity contribution in [1.29, 1.82) is 0 Å². The lowest BCUT2D eigenvalue weighted by atomic mass is 9.84.